The lowest BCUT2D eigenvalue weighted by atomic mass is 9.86. The maximum absolute atomic E-state index is 13.5. The Morgan fingerprint density at radius 2 is 0.817 bits per heavy atom. The SMILES string of the molecule is CCCCCCCCCCCCCCCCCCCCCCCCCC(=O)C(CCCCCCC)CCCCCC[C@@H](O)[C@@H](O)[C@H](N)C(O[C@H]1O[C@H](CO)[C@H](O)[C@H](O)[C@H]1[16OH])[C@H]1O[C@H](CO)[C@H](O)[C@H](O)[C@H]1O. The van der Waals surface area contributed by atoms with E-state index in [1.54, 1.807) is 0 Å². The van der Waals surface area contributed by atoms with Gasteiger partial charge in [0, 0.05) is 12.3 Å². The monoisotopic (exact) mass is 1020 g/mol. The first-order chi connectivity index (χ1) is 34.3. The molecule has 15 heteroatoms. The molecule has 2 fully saturated rings. The van der Waals surface area contributed by atoms with Crippen molar-refractivity contribution in [2.75, 3.05) is 13.2 Å². The smallest absolute Gasteiger partial charge is 0.187 e. The fourth-order valence-electron chi connectivity index (χ4n) is 10.6. The molecule has 0 amide bonds. The average molecular weight is 1020 g/mol. The molecule has 2 aliphatic heterocycles. The Morgan fingerprint density at radius 1 is 0.465 bits per heavy atom. The van der Waals surface area contributed by atoms with Crippen LogP contribution in [0, 0.1) is 5.92 Å². The third-order valence-corrected chi connectivity index (χ3v) is 15.5. The molecule has 0 radical (unpaired) electrons. The summed E-state index contributed by atoms with van der Waals surface area (Å²) in [6.07, 6.45) is 20.4. The van der Waals surface area contributed by atoms with E-state index in [1.807, 2.05) is 0 Å². The summed E-state index contributed by atoms with van der Waals surface area (Å²) in [7, 11) is 0. The van der Waals surface area contributed by atoms with E-state index in [9.17, 15) is 55.9 Å². The van der Waals surface area contributed by atoms with Gasteiger partial charge in [0.15, 0.2) is 6.29 Å². The molecule has 71 heavy (non-hydrogen) atoms. The molecular formula is C56H109NO14. The highest BCUT2D eigenvalue weighted by molar-refractivity contribution is 5.80. The van der Waals surface area contributed by atoms with E-state index in [-0.39, 0.29) is 12.3 Å². The lowest BCUT2D eigenvalue weighted by Crippen LogP contribution is -2.68. The molecule has 0 bridgehead atoms. The van der Waals surface area contributed by atoms with Gasteiger partial charge in [-0.2, -0.15) is 0 Å². The van der Waals surface area contributed by atoms with Crippen LogP contribution in [-0.4, -0.2) is 156 Å². The van der Waals surface area contributed by atoms with Crippen LogP contribution in [0.1, 0.15) is 245 Å². The second-order valence-electron chi connectivity index (χ2n) is 21.6. The summed E-state index contributed by atoms with van der Waals surface area (Å²) in [4.78, 5) is 13.5. The summed E-state index contributed by atoms with van der Waals surface area (Å²) in [6, 6.07) is -1.58. The maximum Gasteiger partial charge on any atom is 0.187 e. The van der Waals surface area contributed by atoms with Crippen LogP contribution in [0.3, 0.4) is 0 Å². The van der Waals surface area contributed by atoms with Gasteiger partial charge in [0.25, 0.3) is 0 Å². The fourth-order valence-corrected chi connectivity index (χ4v) is 10.6. The normalized spacial score (nSPS) is 27.1. The molecule has 0 aromatic heterocycles. The van der Waals surface area contributed by atoms with Gasteiger partial charge in [-0.05, 0) is 25.7 Å². The number of carbonyl (C=O) groups is 1. The van der Waals surface area contributed by atoms with Crippen molar-refractivity contribution in [1.82, 2.24) is 0 Å². The number of hydrogen-bond donors (Lipinski definition) is 11. The lowest BCUT2D eigenvalue weighted by molar-refractivity contribution is -0.335. The number of ether oxygens (including phenoxy) is 3. The van der Waals surface area contributed by atoms with E-state index < -0.39 is 98.8 Å². The number of carbonyl (C=O) groups excluding carboxylic acids is 1. The van der Waals surface area contributed by atoms with Gasteiger partial charge in [-0.15, -0.1) is 0 Å². The van der Waals surface area contributed by atoms with Crippen molar-refractivity contribution in [2.24, 2.45) is 11.7 Å². The van der Waals surface area contributed by atoms with Gasteiger partial charge in [-0.3, -0.25) is 4.79 Å². The van der Waals surface area contributed by atoms with Crippen molar-refractivity contribution in [3.63, 3.8) is 0 Å². The van der Waals surface area contributed by atoms with Crippen molar-refractivity contribution in [3.05, 3.63) is 0 Å². The minimum absolute atomic E-state index is 0.0600. The second kappa shape index (κ2) is 41.3. The van der Waals surface area contributed by atoms with Gasteiger partial charge >= 0.3 is 0 Å². The summed E-state index contributed by atoms with van der Waals surface area (Å²) in [6.45, 7) is 2.94. The third kappa shape index (κ3) is 26.6. The standard InChI is InChI=1S/C56H109NO14/c1-3-5-7-9-10-11-12-13-14-15-16-17-18-19-20-21-22-23-24-25-26-28-33-37-42(60)41(35-31-27-8-6-4-2)36-32-29-30-34-38-43(61)47(62)46(57)54(55-52(67)50(65)48(63)44(39-58)69-55)71-56-53(68)51(66)49(64)45(40-59)70-56/h41,43-56,58-59,61-68H,3-40,57H2,1-2H3/t41?,43-,44-,45-,46+,47-,48+,49+,50+,51+,52-,53-,54?,55+,56-/m1/s1/i68+0. The van der Waals surface area contributed by atoms with Crippen molar-refractivity contribution in [2.45, 2.75) is 331 Å². The molecule has 15 atom stereocenters. The predicted molar refractivity (Wildman–Crippen MR) is 278 cm³/mol. The molecule has 2 heterocycles. The highest BCUT2D eigenvalue weighted by Crippen LogP contribution is 2.31. The zero-order chi connectivity index (χ0) is 52.2. The van der Waals surface area contributed by atoms with Crippen LogP contribution in [0.2, 0.25) is 0 Å². The van der Waals surface area contributed by atoms with Crippen LogP contribution < -0.4 is 5.73 Å². The van der Waals surface area contributed by atoms with Gasteiger partial charge in [0.05, 0.1) is 31.5 Å². The molecule has 12 N–H and O–H groups in total. The second-order valence-corrected chi connectivity index (χ2v) is 21.6. The molecule has 0 saturated carbocycles. The van der Waals surface area contributed by atoms with Crippen LogP contribution in [0.5, 0.6) is 0 Å². The summed E-state index contributed by atoms with van der Waals surface area (Å²) in [5.74, 6) is 0.446. The summed E-state index contributed by atoms with van der Waals surface area (Å²) in [5, 5.41) is 105. The van der Waals surface area contributed by atoms with E-state index in [0.717, 1.165) is 57.8 Å². The van der Waals surface area contributed by atoms with Crippen LogP contribution in [0.4, 0.5) is 0 Å². The van der Waals surface area contributed by atoms with Crippen LogP contribution >= 0.6 is 0 Å². The van der Waals surface area contributed by atoms with Gasteiger partial charge < -0.3 is 71.0 Å². The van der Waals surface area contributed by atoms with E-state index in [2.05, 4.69) is 13.8 Å². The average Bonchev–Trinajstić information content (AvgIpc) is 3.37. The molecular weight excluding hydrogens is 911 g/mol. The van der Waals surface area contributed by atoms with Crippen molar-refractivity contribution < 1.29 is 70.1 Å². The molecule has 2 unspecified atom stereocenters. The number of Topliss-reactive ketones (excluding diaryl/α,β-unsaturated/α-hetero) is 1. The molecule has 0 aromatic rings. The number of ketones is 1. The van der Waals surface area contributed by atoms with Gasteiger partial charge in [0.1, 0.15) is 66.8 Å². The number of aliphatic hydroxyl groups is 10. The van der Waals surface area contributed by atoms with Gasteiger partial charge in [0.2, 0.25) is 0 Å². The summed E-state index contributed by atoms with van der Waals surface area (Å²) >= 11 is 0. The molecule has 422 valence electrons. The Bertz CT molecular complexity index is 1250. The fraction of sp³-hybridized carbons (Fsp3) is 0.982. The van der Waals surface area contributed by atoms with Gasteiger partial charge in [-0.1, -0.05) is 213 Å². The topological polar surface area (TPSA) is 273 Å². The molecule has 2 rings (SSSR count). The highest BCUT2D eigenvalue weighted by atomic mass is 16.7. The number of aliphatic hydroxyl groups excluding tert-OH is 10. The first-order valence-corrected chi connectivity index (χ1v) is 29.2. The largest absolute Gasteiger partial charge is 0.394 e. The number of rotatable bonds is 46. The zero-order valence-corrected chi connectivity index (χ0v) is 44.7. The first kappa shape index (κ1) is 66.2. The molecule has 0 spiro atoms. The first-order valence-electron chi connectivity index (χ1n) is 29.2. The van der Waals surface area contributed by atoms with Crippen LogP contribution in [0.25, 0.3) is 0 Å². The molecule has 0 aliphatic carbocycles. The Morgan fingerprint density at radius 3 is 1.23 bits per heavy atom. The Balaban J connectivity index is 1.71. The number of unbranched alkanes of at least 4 members (excludes halogenated alkanes) is 29. The summed E-state index contributed by atoms with van der Waals surface area (Å²) < 4.78 is 17.0. The third-order valence-electron chi connectivity index (χ3n) is 15.5. The molecule has 0 aromatic carbocycles. The molecule has 2 saturated heterocycles. The zero-order valence-electron chi connectivity index (χ0n) is 44.7. The number of hydrogen-bond acceptors (Lipinski definition) is 15. The minimum atomic E-state index is -1.89. The molecule has 2 aliphatic rings. The Hall–Kier alpha value is -0.890. The maximum atomic E-state index is 13.5. The van der Waals surface area contributed by atoms with Crippen molar-refractivity contribution in [1.29, 1.82) is 0 Å². The minimum Gasteiger partial charge on any atom is -0.394 e. The quantitative estimate of drug-likeness (QED) is 0.0267. The van der Waals surface area contributed by atoms with E-state index in [1.165, 1.54) is 154 Å². The lowest BCUT2D eigenvalue weighted by Gasteiger charge is -2.47. The van der Waals surface area contributed by atoms with Gasteiger partial charge in [-0.25, -0.2) is 0 Å². The van der Waals surface area contributed by atoms with Crippen LogP contribution in [-0.2, 0) is 19.0 Å². The highest BCUT2D eigenvalue weighted by Gasteiger charge is 2.52. The van der Waals surface area contributed by atoms with Crippen molar-refractivity contribution >= 4 is 5.78 Å². The number of nitrogens with two attached hydrogens (primary N) is 1. The predicted octanol–water partition coefficient (Wildman–Crippen LogP) is 7.33. The summed E-state index contributed by atoms with van der Waals surface area (Å²) in [5.41, 5.74) is 6.45. The Kier molecular flexibility index (Phi) is 38.5. The van der Waals surface area contributed by atoms with Crippen LogP contribution in [0.15, 0.2) is 0 Å². The Labute approximate surface area is 430 Å². The molecule has 15 nitrogen and oxygen atoms in total. The van der Waals surface area contributed by atoms with E-state index >= 15 is 0 Å². The van der Waals surface area contributed by atoms with E-state index in [0.29, 0.717) is 18.6 Å². The van der Waals surface area contributed by atoms with Crippen molar-refractivity contribution in [3.8, 4) is 0 Å². The van der Waals surface area contributed by atoms with E-state index in [4.69, 9.17) is 19.9 Å².